The van der Waals surface area contributed by atoms with Crippen molar-refractivity contribution in [2.24, 2.45) is 11.7 Å². The molecule has 0 saturated heterocycles. The summed E-state index contributed by atoms with van der Waals surface area (Å²) < 4.78 is 0.735. The SMILES string of the molecule is CC1CCCCC1(CN)NC(=O)c1ccc(I)c(O)c1. The molecule has 1 fully saturated rings. The highest BCUT2D eigenvalue weighted by molar-refractivity contribution is 14.1. The maximum absolute atomic E-state index is 12.4. The molecule has 5 heteroatoms. The lowest BCUT2D eigenvalue weighted by molar-refractivity contribution is 0.0812. The van der Waals surface area contributed by atoms with Gasteiger partial charge in [0.05, 0.1) is 9.11 Å². The Hall–Kier alpha value is -0.820. The lowest BCUT2D eigenvalue weighted by Crippen LogP contribution is -2.59. The summed E-state index contributed by atoms with van der Waals surface area (Å²) in [7, 11) is 0. The summed E-state index contributed by atoms with van der Waals surface area (Å²) in [5.74, 6) is 0.357. The smallest absolute Gasteiger partial charge is 0.251 e. The number of amides is 1. The second-order valence-corrected chi connectivity index (χ2v) is 6.79. The Morgan fingerprint density at radius 2 is 2.30 bits per heavy atom. The Kier molecular flexibility index (Phi) is 4.90. The largest absolute Gasteiger partial charge is 0.507 e. The van der Waals surface area contributed by atoms with Gasteiger partial charge in [-0.25, -0.2) is 0 Å². The first-order valence-corrected chi connectivity index (χ1v) is 8.07. The third kappa shape index (κ3) is 3.09. The van der Waals surface area contributed by atoms with Crippen LogP contribution in [-0.4, -0.2) is 23.1 Å². The number of hydrogen-bond donors (Lipinski definition) is 3. The third-order valence-electron chi connectivity index (χ3n) is 4.39. The molecule has 1 aliphatic rings. The topological polar surface area (TPSA) is 75.3 Å². The van der Waals surface area contributed by atoms with Crippen molar-refractivity contribution in [1.29, 1.82) is 0 Å². The molecule has 20 heavy (non-hydrogen) atoms. The summed E-state index contributed by atoms with van der Waals surface area (Å²) >= 11 is 2.03. The van der Waals surface area contributed by atoms with E-state index in [4.69, 9.17) is 5.73 Å². The second-order valence-electron chi connectivity index (χ2n) is 5.63. The summed E-state index contributed by atoms with van der Waals surface area (Å²) in [6, 6.07) is 4.98. The number of phenolic OH excluding ortho intramolecular Hbond substituents is 1. The van der Waals surface area contributed by atoms with Crippen molar-refractivity contribution in [3.05, 3.63) is 27.3 Å². The molecule has 2 atom stereocenters. The first kappa shape index (κ1) is 15.6. The molecule has 1 aromatic carbocycles. The van der Waals surface area contributed by atoms with Crippen molar-refractivity contribution in [2.75, 3.05) is 6.54 Å². The standard InChI is InChI=1S/C15H21IN2O2/c1-10-4-2-3-7-15(10,9-17)18-14(20)11-5-6-12(16)13(19)8-11/h5-6,8,10,19H,2-4,7,9,17H2,1H3,(H,18,20). The van der Waals surface area contributed by atoms with Crippen LogP contribution < -0.4 is 11.1 Å². The van der Waals surface area contributed by atoms with Gasteiger partial charge in [-0.05, 0) is 59.5 Å². The quantitative estimate of drug-likeness (QED) is 0.697. The minimum atomic E-state index is -0.312. The van der Waals surface area contributed by atoms with E-state index in [-0.39, 0.29) is 17.2 Å². The fraction of sp³-hybridized carbons (Fsp3) is 0.533. The zero-order chi connectivity index (χ0) is 14.8. The molecule has 1 aliphatic carbocycles. The number of carbonyl (C=O) groups is 1. The molecule has 0 spiro atoms. The summed E-state index contributed by atoms with van der Waals surface area (Å²) in [5, 5.41) is 12.8. The van der Waals surface area contributed by atoms with Crippen LogP contribution in [0.2, 0.25) is 0 Å². The Bertz CT molecular complexity index is 507. The van der Waals surface area contributed by atoms with Gasteiger partial charge in [0.15, 0.2) is 0 Å². The van der Waals surface area contributed by atoms with Crippen LogP contribution >= 0.6 is 22.6 Å². The van der Waals surface area contributed by atoms with Crippen LogP contribution in [0.15, 0.2) is 18.2 Å². The summed E-state index contributed by atoms with van der Waals surface area (Å²) in [6.07, 6.45) is 4.31. The Labute approximate surface area is 133 Å². The van der Waals surface area contributed by atoms with Crippen LogP contribution in [0.25, 0.3) is 0 Å². The molecular formula is C15H21IN2O2. The number of carbonyl (C=O) groups excluding carboxylic acids is 1. The number of hydrogen-bond acceptors (Lipinski definition) is 3. The van der Waals surface area contributed by atoms with Gasteiger partial charge in [0.2, 0.25) is 0 Å². The van der Waals surface area contributed by atoms with Gasteiger partial charge in [-0.2, -0.15) is 0 Å². The molecule has 110 valence electrons. The molecule has 4 nitrogen and oxygen atoms in total. The van der Waals surface area contributed by atoms with Crippen molar-refractivity contribution < 1.29 is 9.90 Å². The molecule has 0 aromatic heterocycles. The minimum absolute atomic E-state index is 0.136. The lowest BCUT2D eigenvalue weighted by atomic mass is 9.73. The fourth-order valence-corrected chi connectivity index (χ4v) is 3.24. The zero-order valence-corrected chi connectivity index (χ0v) is 13.8. The van der Waals surface area contributed by atoms with Gasteiger partial charge in [-0.1, -0.05) is 19.8 Å². The Morgan fingerprint density at radius 1 is 1.55 bits per heavy atom. The van der Waals surface area contributed by atoms with Crippen LogP contribution in [0, 0.1) is 9.49 Å². The normalized spacial score (nSPS) is 26.2. The van der Waals surface area contributed by atoms with Gasteiger partial charge in [-0.3, -0.25) is 4.79 Å². The lowest BCUT2D eigenvalue weighted by Gasteiger charge is -2.42. The number of benzene rings is 1. The second kappa shape index (κ2) is 6.30. The maximum Gasteiger partial charge on any atom is 0.251 e. The van der Waals surface area contributed by atoms with Crippen LogP contribution in [0.3, 0.4) is 0 Å². The average Bonchev–Trinajstić information content (AvgIpc) is 2.44. The van der Waals surface area contributed by atoms with Gasteiger partial charge in [-0.15, -0.1) is 0 Å². The first-order valence-electron chi connectivity index (χ1n) is 6.99. The molecule has 2 rings (SSSR count). The van der Waals surface area contributed by atoms with E-state index in [1.807, 2.05) is 22.6 Å². The van der Waals surface area contributed by atoms with Crippen LogP contribution in [-0.2, 0) is 0 Å². The monoisotopic (exact) mass is 388 g/mol. The van der Waals surface area contributed by atoms with Gasteiger partial charge in [0.1, 0.15) is 5.75 Å². The molecule has 1 saturated carbocycles. The number of halogens is 1. The maximum atomic E-state index is 12.4. The number of nitrogens with one attached hydrogen (secondary N) is 1. The number of phenols is 1. The van der Waals surface area contributed by atoms with Gasteiger partial charge < -0.3 is 16.2 Å². The van der Waals surface area contributed by atoms with E-state index in [2.05, 4.69) is 12.2 Å². The highest BCUT2D eigenvalue weighted by atomic mass is 127. The molecule has 0 aliphatic heterocycles. The third-order valence-corrected chi connectivity index (χ3v) is 5.30. The molecule has 0 bridgehead atoms. The predicted molar refractivity (Wildman–Crippen MR) is 87.7 cm³/mol. The van der Waals surface area contributed by atoms with E-state index in [0.29, 0.717) is 18.0 Å². The van der Waals surface area contributed by atoms with Crippen LogP contribution in [0.1, 0.15) is 43.0 Å². The van der Waals surface area contributed by atoms with Crippen molar-refractivity contribution in [3.63, 3.8) is 0 Å². The van der Waals surface area contributed by atoms with E-state index < -0.39 is 0 Å². The minimum Gasteiger partial charge on any atom is -0.507 e. The van der Waals surface area contributed by atoms with E-state index in [9.17, 15) is 9.90 Å². The van der Waals surface area contributed by atoms with Crippen molar-refractivity contribution in [2.45, 2.75) is 38.1 Å². The highest BCUT2D eigenvalue weighted by Gasteiger charge is 2.38. The van der Waals surface area contributed by atoms with E-state index in [1.54, 1.807) is 12.1 Å². The highest BCUT2D eigenvalue weighted by Crippen LogP contribution is 2.33. The van der Waals surface area contributed by atoms with Crippen LogP contribution in [0.5, 0.6) is 5.75 Å². The van der Waals surface area contributed by atoms with Crippen molar-refractivity contribution in [1.82, 2.24) is 5.32 Å². The van der Waals surface area contributed by atoms with Gasteiger partial charge in [0.25, 0.3) is 5.91 Å². The van der Waals surface area contributed by atoms with E-state index in [0.717, 1.165) is 22.8 Å². The molecular weight excluding hydrogens is 367 g/mol. The Morgan fingerprint density at radius 3 is 2.90 bits per heavy atom. The number of aromatic hydroxyl groups is 1. The summed E-state index contributed by atoms with van der Waals surface area (Å²) in [6.45, 7) is 2.61. The molecule has 0 heterocycles. The molecule has 1 aromatic rings. The zero-order valence-electron chi connectivity index (χ0n) is 11.7. The number of nitrogens with two attached hydrogens (primary N) is 1. The van der Waals surface area contributed by atoms with Crippen molar-refractivity contribution >= 4 is 28.5 Å². The summed E-state index contributed by atoms with van der Waals surface area (Å²) in [4.78, 5) is 12.4. The number of rotatable bonds is 3. The van der Waals surface area contributed by atoms with Gasteiger partial charge in [0, 0.05) is 12.1 Å². The van der Waals surface area contributed by atoms with E-state index >= 15 is 0 Å². The van der Waals surface area contributed by atoms with Gasteiger partial charge >= 0.3 is 0 Å². The molecule has 0 radical (unpaired) electrons. The van der Waals surface area contributed by atoms with Crippen molar-refractivity contribution in [3.8, 4) is 5.75 Å². The van der Waals surface area contributed by atoms with E-state index in [1.165, 1.54) is 12.5 Å². The first-order chi connectivity index (χ1) is 9.48. The summed E-state index contributed by atoms with van der Waals surface area (Å²) in [5.41, 5.74) is 6.11. The molecule has 2 unspecified atom stereocenters. The predicted octanol–water partition coefficient (Wildman–Crippen LogP) is 2.63. The Balaban J connectivity index is 2.18. The molecule has 1 amide bonds. The average molecular weight is 388 g/mol. The fourth-order valence-electron chi connectivity index (χ4n) is 2.91. The van der Waals surface area contributed by atoms with Crippen LogP contribution in [0.4, 0.5) is 0 Å². The molecule has 4 N–H and O–H groups in total.